The van der Waals surface area contributed by atoms with Gasteiger partial charge >= 0.3 is 0 Å². The lowest BCUT2D eigenvalue weighted by molar-refractivity contribution is 0.709. The van der Waals surface area contributed by atoms with Crippen LogP contribution in [0.1, 0.15) is 25.7 Å². The average molecular weight is 303 g/mol. The molecule has 1 aromatic carbocycles. The molecule has 0 aliphatic rings. The van der Waals surface area contributed by atoms with Crippen LogP contribution < -0.4 is 5.32 Å². The molecule has 0 aliphatic carbocycles. The Hall–Kier alpha value is -0.470. The first-order chi connectivity index (χ1) is 7.74. The zero-order valence-corrected chi connectivity index (χ0v) is 11.6. The number of rotatable bonds is 7. The zero-order valence-electron chi connectivity index (χ0n) is 9.31. The first-order valence-corrected chi connectivity index (χ1v) is 6.71. The van der Waals surface area contributed by atoms with Gasteiger partial charge < -0.3 is 5.32 Å². The van der Waals surface area contributed by atoms with Crippen molar-refractivity contribution >= 4 is 33.2 Å². The number of hydrogen-bond donors (Lipinski definition) is 1. The SMILES string of the molecule is C=CCCCCCNc1ccc(Br)c(Cl)c1. The summed E-state index contributed by atoms with van der Waals surface area (Å²) in [5.74, 6) is 0. The minimum atomic E-state index is 0.747. The molecule has 1 rings (SSSR count). The molecule has 0 atom stereocenters. The second-order valence-corrected chi connectivity index (χ2v) is 4.96. The second kappa shape index (κ2) is 7.75. The van der Waals surface area contributed by atoms with E-state index in [0.717, 1.165) is 28.1 Å². The van der Waals surface area contributed by atoms with Crippen LogP contribution in [-0.2, 0) is 0 Å². The minimum absolute atomic E-state index is 0.747. The lowest BCUT2D eigenvalue weighted by atomic mass is 10.2. The summed E-state index contributed by atoms with van der Waals surface area (Å²) in [6, 6.07) is 5.93. The van der Waals surface area contributed by atoms with Crippen LogP contribution in [0.25, 0.3) is 0 Å². The van der Waals surface area contributed by atoms with Crippen LogP contribution in [0.2, 0.25) is 5.02 Å². The Bertz CT molecular complexity index is 339. The van der Waals surface area contributed by atoms with Crippen molar-refractivity contribution in [3.63, 3.8) is 0 Å². The number of nitrogens with one attached hydrogen (secondary N) is 1. The summed E-state index contributed by atoms with van der Waals surface area (Å²) in [7, 11) is 0. The Morgan fingerprint density at radius 3 is 2.81 bits per heavy atom. The molecule has 0 radical (unpaired) electrons. The maximum absolute atomic E-state index is 6.00. The van der Waals surface area contributed by atoms with Gasteiger partial charge in [-0.1, -0.05) is 24.1 Å². The number of unbranched alkanes of at least 4 members (excludes halogenated alkanes) is 3. The van der Waals surface area contributed by atoms with E-state index >= 15 is 0 Å². The van der Waals surface area contributed by atoms with Crippen molar-refractivity contribution in [3.8, 4) is 0 Å². The van der Waals surface area contributed by atoms with Crippen LogP contribution in [0.15, 0.2) is 35.3 Å². The molecule has 0 aliphatic heterocycles. The number of allylic oxidation sites excluding steroid dienone is 1. The number of halogens is 2. The maximum atomic E-state index is 6.00. The van der Waals surface area contributed by atoms with E-state index in [2.05, 4.69) is 27.8 Å². The molecule has 0 saturated heterocycles. The van der Waals surface area contributed by atoms with Gasteiger partial charge in [-0.15, -0.1) is 6.58 Å². The Kier molecular flexibility index (Phi) is 6.58. The van der Waals surface area contributed by atoms with E-state index in [1.54, 1.807) is 0 Å². The van der Waals surface area contributed by atoms with Gasteiger partial charge in [-0.25, -0.2) is 0 Å². The second-order valence-electron chi connectivity index (χ2n) is 3.69. The highest BCUT2D eigenvalue weighted by molar-refractivity contribution is 9.10. The van der Waals surface area contributed by atoms with E-state index in [1.165, 1.54) is 19.3 Å². The predicted molar refractivity (Wildman–Crippen MR) is 76.3 cm³/mol. The van der Waals surface area contributed by atoms with Crippen LogP contribution in [0.5, 0.6) is 0 Å². The Balaban J connectivity index is 2.21. The molecule has 1 nitrogen and oxygen atoms in total. The number of benzene rings is 1. The van der Waals surface area contributed by atoms with Gasteiger partial charge in [0, 0.05) is 16.7 Å². The summed E-state index contributed by atoms with van der Waals surface area (Å²) in [5, 5.41) is 4.11. The average Bonchev–Trinajstić information content (AvgIpc) is 2.28. The molecule has 1 N–H and O–H groups in total. The highest BCUT2D eigenvalue weighted by Crippen LogP contribution is 2.25. The summed E-state index contributed by atoms with van der Waals surface area (Å²) in [5.41, 5.74) is 1.08. The Morgan fingerprint density at radius 2 is 2.12 bits per heavy atom. The lowest BCUT2D eigenvalue weighted by Gasteiger charge is -2.07. The van der Waals surface area contributed by atoms with Crippen molar-refractivity contribution in [1.29, 1.82) is 0 Å². The van der Waals surface area contributed by atoms with Gasteiger partial charge in [0.25, 0.3) is 0 Å². The molecule has 3 heteroatoms. The molecule has 0 saturated carbocycles. The molecule has 88 valence electrons. The summed E-state index contributed by atoms with van der Waals surface area (Å²) in [4.78, 5) is 0. The first kappa shape index (κ1) is 13.6. The van der Waals surface area contributed by atoms with E-state index in [-0.39, 0.29) is 0 Å². The van der Waals surface area contributed by atoms with Gasteiger partial charge in [-0.2, -0.15) is 0 Å². The monoisotopic (exact) mass is 301 g/mol. The largest absolute Gasteiger partial charge is 0.385 e. The van der Waals surface area contributed by atoms with Crippen molar-refractivity contribution in [2.75, 3.05) is 11.9 Å². The van der Waals surface area contributed by atoms with Crippen LogP contribution in [0, 0.1) is 0 Å². The molecule has 0 fully saturated rings. The van der Waals surface area contributed by atoms with Crippen molar-refractivity contribution in [3.05, 3.63) is 40.3 Å². The molecule has 1 aromatic rings. The van der Waals surface area contributed by atoms with E-state index in [9.17, 15) is 0 Å². The first-order valence-electron chi connectivity index (χ1n) is 5.54. The lowest BCUT2D eigenvalue weighted by Crippen LogP contribution is -2.01. The van der Waals surface area contributed by atoms with Crippen molar-refractivity contribution in [2.24, 2.45) is 0 Å². The number of anilines is 1. The van der Waals surface area contributed by atoms with Gasteiger partial charge in [0.2, 0.25) is 0 Å². The molecule has 0 aromatic heterocycles. The fourth-order valence-corrected chi connectivity index (χ4v) is 1.86. The molecule has 16 heavy (non-hydrogen) atoms. The van der Waals surface area contributed by atoms with Crippen LogP contribution in [-0.4, -0.2) is 6.54 Å². The van der Waals surface area contributed by atoms with Crippen molar-refractivity contribution in [2.45, 2.75) is 25.7 Å². The smallest absolute Gasteiger partial charge is 0.0568 e. The Labute approximate surface area is 111 Å². The van der Waals surface area contributed by atoms with Gasteiger partial charge in [-0.05, 0) is 53.4 Å². The molecule has 0 heterocycles. The number of hydrogen-bond acceptors (Lipinski definition) is 1. The minimum Gasteiger partial charge on any atom is -0.385 e. The van der Waals surface area contributed by atoms with Crippen molar-refractivity contribution < 1.29 is 0 Å². The zero-order chi connectivity index (χ0) is 11.8. The molecular formula is C13H17BrClN. The molecular weight excluding hydrogens is 286 g/mol. The third-order valence-corrected chi connectivity index (χ3v) is 3.57. The van der Waals surface area contributed by atoms with E-state index in [1.807, 2.05) is 24.3 Å². The molecule has 0 bridgehead atoms. The van der Waals surface area contributed by atoms with E-state index in [4.69, 9.17) is 11.6 Å². The molecule has 0 spiro atoms. The highest BCUT2D eigenvalue weighted by Gasteiger charge is 1.98. The maximum Gasteiger partial charge on any atom is 0.0568 e. The summed E-state index contributed by atoms with van der Waals surface area (Å²) in [6.07, 6.45) is 6.74. The topological polar surface area (TPSA) is 12.0 Å². The summed E-state index contributed by atoms with van der Waals surface area (Å²) < 4.78 is 0.936. The highest BCUT2D eigenvalue weighted by atomic mass is 79.9. The van der Waals surface area contributed by atoms with Gasteiger partial charge in [0.05, 0.1) is 5.02 Å². The third kappa shape index (κ3) is 5.04. The standard InChI is InChI=1S/C13H17BrClN/c1-2-3-4-5-6-9-16-11-7-8-12(14)13(15)10-11/h2,7-8,10,16H,1,3-6,9H2. The van der Waals surface area contributed by atoms with Gasteiger partial charge in [0.15, 0.2) is 0 Å². The summed E-state index contributed by atoms with van der Waals surface area (Å²) in [6.45, 7) is 4.70. The van der Waals surface area contributed by atoms with E-state index < -0.39 is 0 Å². The quantitative estimate of drug-likeness (QED) is 0.535. The predicted octanol–water partition coefficient (Wildman–Crippen LogP) is 5.26. The van der Waals surface area contributed by atoms with Crippen molar-refractivity contribution in [1.82, 2.24) is 0 Å². The van der Waals surface area contributed by atoms with Gasteiger partial charge in [-0.3, -0.25) is 0 Å². The fourth-order valence-electron chi connectivity index (χ4n) is 1.43. The normalized spacial score (nSPS) is 10.1. The molecule has 0 amide bonds. The van der Waals surface area contributed by atoms with Gasteiger partial charge in [0.1, 0.15) is 0 Å². The Morgan fingerprint density at radius 1 is 1.31 bits per heavy atom. The fraction of sp³-hybridized carbons (Fsp3) is 0.385. The van der Waals surface area contributed by atoms with Crippen LogP contribution in [0.4, 0.5) is 5.69 Å². The summed E-state index contributed by atoms with van der Waals surface area (Å²) >= 11 is 9.37. The third-order valence-electron chi connectivity index (χ3n) is 2.33. The molecule has 0 unspecified atom stereocenters. The van der Waals surface area contributed by atoms with E-state index in [0.29, 0.717) is 0 Å². The van der Waals surface area contributed by atoms with Crippen LogP contribution >= 0.6 is 27.5 Å². The van der Waals surface area contributed by atoms with Crippen LogP contribution in [0.3, 0.4) is 0 Å².